The van der Waals surface area contributed by atoms with Gasteiger partial charge >= 0.3 is 5.97 Å². The molecule has 2 rings (SSSR count). The van der Waals surface area contributed by atoms with E-state index >= 15 is 0 Å². The molecule has 0 aromatic heterocycles. The molecule has 0 radical (unpaired) electrons. The van der Waals surface area contributed by atoms with Crippen LogP contribution in [0.5, 0.6) is 0 Å². The molecule has 0 aromatic carbocycles. The standard InChI is InChI=1S/C21H37NO3/c1-2-3-4-5-8-17-25-21(24)19-13-15-22(16-14-19)20(23)12-11-18-9-6-7-10-18/h18-19H,2-17H2,1H3. The predicted molar refractivity (Wildman–Crippen MR) is 100 cm³/mol. The third kappa shape index (κ3) is 7.37. The summed E-state index contributed by atoms with van der Waals surface area (Å²) in [5.41, 5.74) is 0. The van der Waals surface area contributed by atoms with Crippen molar-refractivity contribution >= 4 is 11.9 Å². The van der Waals surface area contributed by atoms with Crippen LogP contribution in [-0.2, 0) is 14.3 Å². The van der Waals surface area contributed by atoms with Crippen LogP contribution in [0.15, 0.2) is 0 Å². The monoisotopic (exact) mass is 351 g/mol. The second-order valence-corrected chi connectivity index (χ2v) is 7.93. The van der Waals surface area contributed by atoms with Crippen LogP contribution < -0.4 is 0 Å². The Morgan fingerprint density at radius 2 is 1.64 bits per heavy atom. The number of amides is 1. The average Bonchev–Trinajstić information content (AvgIpc) is 3.16. The lowest BCUT2D eigenvalue weighted by Crippen LogP contribution is -2.40. The number of hydrogen-bond donors (Lipinski definition) is 0. The molecule has 1 amide bonds. The lowest BCUT2D eigenvalue weighted by molar-refractivity contribution is -0.151. The number of likely N-dealkylation sites (tertiary alicyclic amines) is 1. The van der Waals surface area contributed by atoms with Gasteiger partial charge in [-0.3, -0.25) is 9.59 Å². The molecule has 2 fully saturated rings. The summed E-state index contributed by atoms with van der Waals surface area (Å²) in [5.74, 6) is 1.01. The van der Waals surface area contributed by atoms with E-state index in [0.717, 1.165) is 51.1 Å². The summed E-state index contributed by atoms with van der Waals surface area (Å²) in [6.07, 6.45) is 14.4. The molecule has 4 heteroatoms. The zero-order valence-electron chi connectivity index (χ0n) is 16.1. The Morgan fingerprint density at radius 3 is 2.32 bits per heavy atom. The second kappa shape index (κ2) is 11.5. The number of piperidine rings is 1. The van der Waals surface area contributed by atoms with Gasteiger partial charge in [0.1, 0.15) is 0 Å². The minimum absolute atomic E-state index is 0.00507. The number of esters is 1. The predicted octanol–water partition coefficient (Wildman–Crippen LogP) is 4.71. The first kappa shape index (κ1) is 20.3. The summed E-state index contributed by atoms with van der Waals surface area (Å²) in [6.45, 7) is 4.20. The number of ether oxygens (including phenoxy) is 1. The fraction of sp³-hybridized carbons (Fsp3) is 0.905. The molecule has 1 saturated heterocycles. The minimum Gasteiger partial charge on any atom is -0.465 e. The molecule has 0 spiro atoms. The van der Waals surface area contributed by atoms with Crippen molar-refractivity contribution in [3.8, 4) is 0 Å². The van der Waals surface area contributed by atoms with Gasteiger partial charge in [-0.15, -0.1) is 0 Å². The summed E-state index contributed by atoms with van der Waals surface area (Å²) in [5, 5.41) is 0. The number of carbonyl (C=O) groups excluding carboxylic acids is 2. The molecule has 1 saturated carbocycles. The van der Waals surface area contributed by atoms with Crippen molar-refractivity contribution in [2.24, 2.45) is 11.8 Å². The van der Waals surface area contributed by atoms with E-state index in [0.29, 0.717) is 13.0 Å². The van der Waals surface area contributed by atoms with E-state index in [1.807, 2.05) is 4.90 Å². The van der Waals surface area contributed by atoms with Crippen molar-refractivity contribution in [1.82, 2.24) is 4.90 Å². The molecule has 25 heavy (non-hydrogen) atoms. The quantitative estimate of drug-likeness (QED) is 0.423. The maximum Gasteiger partial charge on any atom is 0.309 e. The van der Waals surface area contributed by atoms with Gasteiger partial charge in [0.15, 0.2) is 0 Å². The van der Waals surface area contributed by atoms with Crippen molar-refractivity contribution in [3.05, 3.63) is 0 Å². The number of unbranched alkanes of at least 4 members (excludes halogenated alkanes) is 4. The Kier molecular flexibility index (Phi) is 9.35. The Bertz CT molecular complexity index is 396. The van der Waals surface area contributed by atoms with E-state index < -0.39 is 0 Å². The molecular weight excluding hydrogens is 314 g/mol. The number of rotatable bonds is 10. The molecule has 144 valence electrons. The number of nitrogens with zero attached hydrogens (tertiary/aromatic N) is 1. The summed E-state index contributed by atoms with van der Waals surface area (Å²) >= 11 is 0. The van der Waals surface area contributed by atoms with E-state index in [1.165, 1.54) is 44.9 Å². The van der Waals surface area contributed by atoms with Crippen molar-refractivity contribution in [1.29, 1.82) is 0 Å². The van der Waals surface area contributed by atoms with Crippen molar-refractivity contribution in [2.45, 2.75) is 90.4 Å². The van der Waals surface area contributed by atoms with Gasteiger partial charge in [0.05, 0.1) is 12.5 Å². The molecule has 1 aliphatic carbocycles. The van der Waals surface area contributed by atoms with Gasteiger partial charge in [0.2, 0.25) is 5.91 Å². The van der Waals surface area contributed by atoms with Gasteiger partial charge in [-0.1, -0.05) is 58.3 Å². The minimum atomic E-state index is -0.0476. The van der Waals surface area contributed by atoms with Gasteiger partial charge in [0, 0.05) is 19.5 Å². The van der Waals surface area contributed by atoms with Gasteiger partial charge in [-0.2, -0.15) is 0 Å². The smallest absolute Gasteiger partial charge is 0.309 e. The molecule has 2 aliphatic rings. The highest BCUT2D eigenvalue weighted by atomic mass is 16.5. The van der Waals surface area contributed by atoms with Crippen molar-refractivity contribution < 1.29 is 14.3 Å². The fourth-order valence-electron chi connectivity index (χ4n) is 4.15. The highest BCUT2D eigenvalue weighted by molar-refractivity contribution is 5.77. The molecule has 0 aromatic rings. The van der Waals surface area contributed by atoms with Crippen LogP contribution in [0.1, 0.15) is 90.4 Å². The topological polar surface area (TPSA) is 46.6 Å². The first-order chi connectivity index (χ1) is 12.2. The molecule has 0 unspecified atom stereocenters. The maximum atomic E-state index is 12.3. The molecule has 1 heterocycles. The second-order valence-electron chi connectivity index (χ2n) is 7.93. The van der Waals surface area contributed by atoms with Gasteiger partial charge in [-0.25, -0.2) is 0 Å². The fourth-order valence-corrected chi connectivity index (χ4v) is 4.15. The zero-order valence-corrected chi connectivity index (χ0v) is 16.1. The molecule has 1 aliphatic heterocycles. The lowest BCUT2D eigenvalue weighted by Gasteiger charge is -2.31. The normalized spacial score (nSPS) is 19.3. The van der Waals surface area contributed by atoms with Crippen LogP contribution in [0.2, 0.25) is 0 Å². The summed E-state index contributed by atoms with van der Waals surface area (Å²) in [4.78, 5) is 26.4. The van der Waals surface area contributed by atoms with Gasteiger partial charge in [0.25, 0.3) is 0 Å². The first-order valence-corrected chi connectivity index (χ1v) is 10.6. The molecule has 0 bridgehead atoms. The van der Waals surface area contributed by atoms with E-state index in [-0.39, 0.29) is 17.8 Å². The van der Waals surface area contributed by atoms with Crippen LogP contribution in [0.3, 0.4) is 0 Å². The number of hydrogen-bond acceptors (Lipinski definition) is 3. The maximum absolute atomic E-state index is 12.3. The molecule has 4 nitrogen and oxygen atoms in total. The number of carbonyl (C=O) groups is 2. The summed E-state index contributed by atoms with van der Waals surface area (Å²) in [7, 11) is 0. The van der Waals surface area contributed by atoms with Gasteiger partial charge < -0.3 is 9.64 Å². The van der Waals surface area contributed by atoms with Gasteiger partial charge in [-0.05, 0) is 31.6 Å². The van der Waals surface area contributed by atoms with Crippen LogP contribution in [0.25, 0.3) is 0 Å². The van der Waals surface area contributed by atoms with E-state index in [4.69, 9.17) is 4.74 Å². The third-order valence-electron chi connectivity index (χ3n) is 5.91. The summed E-state index contributed by atoms with van der Waals surface area (Å²) < 4.78 is 5.43. The van der Waals surface area contributed by atoms with Crippen LogP contribution in [0.4, 0.5) is 0 Å². The van der Waals surface area contributed by atoms with E-state index in [2.05, 4.69) is 6.92 Å². The van der Waals surface area contributed by atoms with Crippen LogP contribution in [-0.4, -0.2) is 36.5 Å². The largest absolute Gasteiger partial charge is 0.465 e. The van der Waals surface area contributed by atoms with E-state index in [1.54, 1.807) is 0 Å². The molecule has 0 N–H and O–H groups in total. The highest BCUT2D eigenvalue weighted by Crippen LogP contribution is 2.29. The SMILES string of the molecule is CCCCCCCOC(=O)C1CCN(C(=O)CCC2CCCC2)CC1. The Balaban J connectivity index is 1.55. The summed E-state index contributed by atoms with van der Waals surface area (Å²) in [6, 6.07) is 0. The molecule has 0 atom stereocenters. The zero-order chi connectivity index (χ0) is 17.9. The van der Waals surface area contributed by atoms with Crippen molar-refractivity contribution in [3.63, 3.8) is 0 Å². The van der Waals surface area contributed by atoms with Crippen LogP contribution in [0, 0.1) is 11.8 Å². The molecular formula is C21H37NO3. The lowest BCUT2D eigenvalue weighted by atomic mass is 9.96. The van der Waals surface area contributed by atoms with Crippen molar-refractivity contribution in [2.75, 3.05) is 19.7 Å². The Hall–Kier alpha value is -1.06. The average molecular weight is 352 g/mol. The third-order valence-corrected chi connectivity index (χ3v) is 5.91. The highest BCUT2D eigenvalue weighted by Gasteiger charge is 2.28. The van der Waals surface area contributed by atoms with E-state index in [9.17, 15) is 9.59 Å². The van der Waals surface area contributed by atoms with Crippen LogP contribution >= 0.6 is 0 Å². The first-order valence-electron chi connectivity index (χ1n) is 10.6. The Morgan fingerprint density at radius 1 is 0.960 bits per heavy atom. The Labute approximate surface area is 153 Å².